The molecule has 2 fully saturated rings. The summed E-state index contributed by atoms with van der Waals surface area (Å²) in [5.74, 6) is 4.13. The molecule has 5 heterocycles. The third kappa shape index (κ3) is 16.5. The average Bonchev–Trinajstić information content (AvgIpc) is 1.59. The van der Waals surface area contributed by atoms with Crippen LogP contribution in [0.2, 0.25) is 0 Å². The Bertz CT molecular complexity index is 4650. The number of aliphatic hydroxyl groups is 1. The number of carbonyl (C=O) groups is 9. The lowest BCUT2D eigenvalue weighted by Gasteiger charge is -2.31. The van der Waals surface area contributed by atoms with Crippen LogP contribution in [0.25, 0.3) is 5.57 Å². The number of fused-ring (bicyclic) bond motifs is 6. The van der Waals surface area contributed by atoms with E-state index in [2.05, 4.69) is 43.7 Å². The number of rotatable bonds is 26. The van der Waals surface area contributed by atoms with E-state index in [0.717, 1.165) is 45.8 Å². The van der Waals surface area contributed by atoms with Gasteiger partial charge in [0.2, 0.25) is 35.4 Å². The molecule has 0 bridgehead atoms. The molecule has 1 spiro atoms. The number of para-hydroxylation sites is 1. The zero-order valence-corrected chi connectivity index (χ0v) is 58.7. The lowest BCUT2D eigenvalue weighted by molar-refractivity contribution is -0.130. The molecular weight excluding hydrogens is 1360 g/mol. The third-order valence-electron chi connectivity index (χ3n) is 19.6. The Labute approximate surface area is 611 Å². The second-order valence-electron chi connectivity index (χ2n) is 26.7. The number of hydrogen-bond donors (Lipinski definition) is 7. The molecule has 1 saturated heterocycles. The highest BCUT2D eigenvalue weighted by Gasteiger charge is 2.58. The number of methoxy groups -OCH3 is 3. The second-order valence-corrected chi connectivity index (χ2v) is 26.7. The summed E-state index contributed by atoms with van der Waals surface area (Å²) < 4.78 is 35.2. The molecule has 9 amide bonds. The van der Waals surface area contributed by atoms with Crippen molar-refractivity contribution in [1.29, 1.82) is 0 Å². The van der Waals surface area contributed by atoms with Gasteiger partial charge in [0.1, 0.15) is 18.4 Å². The smallest absolute Gasteiger partial charge is 0.416 e. The van der Waals surface area contributed by atoms with Gasteiger partial charge in [-0.25, -0.2) is 9.69 Å². The van der Waals surface area contributed by atoms with Crippen LogP contribution >= 0.6 is 0 Å². The van der Waals surface area contributed by atoms with Crippen LogP contribution in [0.4, 0.5) is 27.5 Å². The molecular formula is C80H80N10O16. The first-order valence-electron chi connectivity index (χ1n) is 35.0. The molecule has 546 valence electrons. The van der Waals surface area contributed by atoms with E-state index in [1.54, 1.807) is 94.6 Å². The Morgan fingerprint density at radius 3 is 2.06 bits per heavy atom. The minimum Gasteiger partial charge on any atom is -0.497 e. The van der Waals surface area contributed by atoms with Gasteiger partial charge in [-0.1, -0.05) is 96.8 Å². The molecule has 106 heavy (non-hydrogen) atoms. The van der Waals surface area contributed by atoms with Gasteiger partial charge in [0.05, 0.1) is 101 Å². The molecule has 7 N–H and O–H groups in total. The van der Waals surface area contributed by atoms with Gasteiger partial charge in [0.25, 0.3) is 11.8 Å². The zero-order chi connectivity index (χ0) is 74.0. The van der Waals surface area contributed by atoms with Gasteiger partial charge >= 0.3 is 6.09 Å². The van der Waals surface area contributed by atoms with Crippen molar-refractivity contribution in [3.8, 4) is 40.6 Å². The van der Waals surface area contributed by atoms with Gasteiger partial charge in [-0.05, 0) is 114 Å². The summed E-state index contributed by atoms with van der Waals surface area (Å²) in [5.41, 5.74) is 7.60. The van der Waals surface area contributed by atoms with Crippen molar-refractivity contribution in [2.45, 2.75) is 88.9 Å². The molecule has 0 radical (unpaired) electrons. The maximum atomic E-state index is 14.5. The van der Waals surface area contributed by atoms with Crippen LogP contribution in [0.3, 0.4) is 0 Å². The summed E-state index contributed by atoms with van der Waals surface area (Å²) in [6, 6.07) is 42.2. The van der Waals surface area contributed by atoms with Gasteiger partial charge < -0.3 is 80.1 Å². The van der Waals surface area contributed by atoms with Crippen LogP contribution in [0.5, 0.6) is 28.7 Å². The minimum absolute atomic E-state index is 0.0353. The van der Waals surface area contributed by atoms with Crippen molar-refractivity contribution in [2.75, 3.05) is 87.7 Å². The van der Waals surface area contributed by atoms with Crippen LogP contribution in [-0.4, -0.2) is 160 Å². The zero-order valence-electron chi connectivity index (χ0n) is 58.7. The number of carbonyl (C=O) groups excluding carboxylic acids is 9. The molecule has 4 atom stereocenters. The van der Waals surface area contributed by atoms with Crippen molar-refractivity contribution in [1.82, 2.24) is 31.1 Å². The lowest BCUT2D eigenvalue weighted by Crippen LogP contribution is -2.52. The molecule has 26 heteroatoms. The van der Waals surface area contributed by atoms with Crippen LogP contribution in [-0.2, 0) is 53.1 Å². The summed E-state index contributed by atoms with van der Waals surface area (Å²) in [5, 5.41) is 28.5. The number of benzene rings is 7. The van der Waals surface area contributed by atoms with Gasteiger partial charge in [0, 0.05) is 73.9 Å². The molecule has 26 nitrogen and oxygen atoms in total. The van der Waals surface area contributed by atoms with Gasteiger partial charge in [0.15, 0.2) is 29.2 Å². The molecule has 7 aromatic carbocycles. The first-order valence-corrected chi connectivity index (χ1v) is 35.0. The normalized spacial score (nSPS) is 17.1. The quantitative estimate of drug-likeness (QED) is 0.0204. The largest absolute Gasteiger partial charge is 0.497 e. The molecule has 13 rings (SSSR count). The van der Waals surface area contributed by atoms with Gasteiger partial charge in [-0.2, -0.15) is 0 Å². The Hall–Kier alpha value is -12.4. The van der Waals surface area contributed by atoms with Crippen LogP contribution in [0, 0.1) is 17.3 Å². The maximum absolute atomic E-state index is 14.5. The highest BCUT2D eigenvalue weighted by molar-refractivity contribution is 6.07. The fourth-order valence-corrected chi connectivity index (χ4v) is 13.8. The fourth-order valence-electron chi connectivity index (χ4n) is 13.8. The van der Waals surface area contributed by atoms with Crippen LogP contribution in [0.15, 0.2) is 158 Å². The monoisotopic (exact) mass is 1440 g/mol. The lowest BCUT2D eigenvalue weighted by atomic mass is 10.0. The standard InChI is InChI=1S/C80H80N10O16/c1-101-58-26-22-52(23-27-58)55-35-57-41-81-61-38-68(66(102-2)36-59(61)76(97)87(57)46-55)104-32-11-33-105-69-39-64-60(37-67(69)103-3)77(98)89-48-80(30-31-80)40-65(89)78(99)90(64)79(100)106-47-50-18-24-56(25-19-50)85-72(93)44-84-75(96)62(34-49-12-5-4-6-13-49)86-73(94)43-83-71(92)42-82-70(91)28-29-74(95)88-45-54-16-8-7-14-51(54)20-21-53-15-9-10-17-63(53)88/h4-10,12-19,22-27,36-39,46,57,62,65,78,81,99H,11,28-35,40-45,47-48H2,1-3H3,(H,82,91)(H,83,92)(H,84,96)(H,85,93)(H,86,94)/t57-,62-,65-,78?/m0/s1. The summed E-state index contributed by atoms with van der Waals surface area (Å²) in [6.45, 7) is -0.375. The number of ether oxygens (including phenoxy) is 6. The minimum atomic E-state index is -1.50. The summed E-state index contributed by atoms with van der Waals surface area (Å²) in [4.78, 5) is 129. The van der Waals surface area contributed by atoms with Crippen molar-refractivity contribution >= 4 is 81.7 Å². The van der Waals surface area contributed by atoms with Crippen molar-refractivity contribution < 1.29 is 76.7 Å². The van der Waals surface area contributed by atoms with E-state index < -0.39 is 73.6 Å². The van der Waals surface area contributed by atoms with Gasteiger partial charge in [-0.3, -0.25) is 38.4 Å². The molecule has 1 aliphatic carbocycles. The van der Waals surface area contributed by atoms with E-state index in [4.69, 9.17) is 28.4 Å². The van der Waals surface area contributed by atoms with Crippen molar-refractivity contribution in [2.24, 2.45) is 5.41 Å². The number of anilines is 4. The average molecular weight is 1440 g/mol. The first kappa shape index (κ1) is 72.0. The highest BCUT2D eigenvalue weighted by atomic mass is 16.6. The summed E-state index contributed by atoms with van der Waals surface area (Å²) >= 11 is 0. The van der Waals surface area contributed by atoms with Crippen LogP contribution in [0.1, 0.15) is 99.0 Å². The molecule has 0 aromatic heterocycles. The number of amides is 9. The number of hydrogen-bond acceptors (Lipinski definition) is 17. The number of nitrogens with one attached hydrogen (secondary N) is 6. The number of aliphatic hydroxyl groups excluding tert-OH is 1. The second kappa shape index (κ2) is 32.1. The topological polar surface area (TPSA) is 314 Å². The predicted octanol–water partition coefficient (Wildman–Crippen LogP) is 7.45. The van der Waals surface area contributed by atoms with E-state index in [0.29, 0.717) is 83.2 Å². The van der Waals surface area contributed by atoms with Gasteiger partial charge in [-0.15, -0.1) is 0 Å². The first-order chi connectivity index (χ1) is 51.4. The fraction of sp³-hybridized carbons (Fsp3) is 0.312. The molecule has 1 saturated carbocycles. The van der Waals surface area contributed by atoms with E-state index in [1.807, 2.05) is 72.9 Å². The van der Waals surface area contributed by atoms with E-state index in [-0.39, 0.29) is 97.6 Å². The molecule has 1 unspecified atom stereocenters. The summed E-state index contributed by atoms with van der Waals surface area (Å²) in [6.07, 6.45) is 2.40. The molecule has 5 aliphatic heterocycles. The van der Waals surface area contributed by atoms with E-state index >= 15 is 0 Å². The third-order valence-corrected chi connectivity index (χ3v) is 19.6. The number of nitrogens with zero attached hydrogens (tertiary/aromatic N) is 4. The van der Waals surface area contributed by atoms with Crippen molar-refractivity contribution in [3.05, 3.63) is 202 Å². The SMILES string of the molecule is COc1ccc(C2=CN3C(=O)c4cc(OC)c(OCCCOc5cc6c(cc5OC)C(=O)N5CC7(CC7)C[C@H]5C(O)N6C(=O)OCc5ccc(NC(=O)CNC(=O)[C@H](Cc6ccccc6)NC(=O)CNC(=O)CNC(=O)CCC(=O)N6Cc7ccccc7C#Cc7ccccc76)cc5)cc4NC[C@@H]3C2)cc1. The Morgan fingerprint density at radius 2 is 1.32 bits per heavy atom. The van der Waals surface area contributed by atoms with Crippen LogP contribution < -0.4 is 65.4 Å². The Kier molecular flexibility index (Phi) is 21.8. The summed E-state index contributed by atoms with van der Waals surface area (Å²) in [7, 11) is 4.56. The molecule has 6 aliphatic rings. The Balaban J connectivity index is 0.582. The Morgan fingerprint density at radius 1 is 0.651 bits per heavy atom. The van der Waals surface area contributed by atoms with E-state index in [1.165, 1.54) is 26.4 Å². The van der Waals surface area contributed by atoms with Crippen molar-refractivity contribution in [3.63, 3.8) is 0 Å². The predicted molar refractivity (Wildman–Crippen MR) is 391 cm³/mol. The van der Waals surface area contributed by atoms with E-state index in [9.17, 15) is 48.3 Å². The highest BCUT2D eigenvalue weighted by Crippen LogP contribution is 2.57. The maximum Gasteiger partial charge on any atom is 0.416 e. The molecule has 7 aromatic rings.